The van der Waals surface area contributed by atoms with Crippen LogP contribution in [-0.4, -0.2) is 20.4 Å². The summed E-state index contributed by atoms with van der Waals surface area (Å²) in [7, 11) is -1.77. The van der Waals surface area contributed by atoms with E-state index in [1.165, 1.54) is 0 Å². The van der Waals surface area contributed by atoms with Gasteiger partial charge in [-0.05, 0) is 43.3 Å². The van der Waals surface area contributed by atoms with E-state index in [0.29, 0.717) is 5.69 Å². The molecule has 0 saturated carbocycles. The predicted octanol–water partition coefficient (Wildman–Crippen LogP) is 2.16. The fourth-order valence-electron chi connectivity index (χ4n) is 1.79. The van der Waals surface area contributed by atoms with Gasteiger partial charge in [-0.1, -0.05) is 6.07 Å². The summed E-state index contributed by atoms with van der Waals surface area (Å²) >= 11 is 0. The van der Waals surface area contributed by atoms with Crippen molar-refractivity contribution in [1.82, 2.24) is 9.71 Å². The van der Waals surface area contributed by atoms with Gasteiger partial charge in [0, 0.05) is 18.9 Å². The Kier molecular flexibility index (Phi) is 4.36. The highest BCUT2D eigenvalue weighted by Crippen LogP contribution is 2.17. The van der Waals surface area contributed by atoms with Gasteiger partial charge in [-0.15, -0.1) is 0 Å². The van der Waals surface area contributed by atoms with Crippen LogP contribution in [0.4, 0.5) is 5.69 Å². The molecule has 1 atom stereocenters. The number of anilines is 1. The summed E-state index contributed by atoms with van der Waals surface area (Å²) in [5.41, 5.74) is 1.55. The third-order valence-electron chi connectivity index (χ3n) is 2.92. The second kappa shape index (κ2) is 6.02. The summed E-state index contributed by atoms with van der Waals surface area (Å²) in [5.74, 6) is 0. The van der Waals surface area contributed by atoms with E-state index in [9.17, 15) is 8.42 Å². The van der Waals surface area contributed by atoms with Crippen molar-refractivity contribution in [3.05, 3.63) is 54.4 Å². The Morgan fingerprint density at radius 2 is 1.80 bits per heavy atom. The van der Waals surface area contributed by atoms with Crippen molar-refractivity contribution in [3.63, 3.8) is 0 Å². The molecule has 2 aromatic rings. The zero-order valence-electron chi connectivity index (χ0n) is 11.4. The first-order valence-corrected chi connectivity index (χ1v) is 7.72. The number of benzene rings is 1. The molecule has 0 aliphatic rings. The molecule has 0 radical (unpaired) electrons. The third-order valence-corrected chi connectivity index (χ3v) is 4.47. The van der Waals surface area contributed by atoms with Crippen molar-refractivity contribution >= 4 is 15.7 Å². The number of hydrogen-bond donors (Lipinski definition) is 2. The fraction of sp³-hybridized carbons (Fsp3) is 0.214. The summed E-state index contributed by atoms with van der Waals surface area (Å²) < 4.78 is 27.1. The Morgan fingerprint density at radius 3 is 2.35 bits per heavy atom. The molecular weight excluding hydrogens is 274 g/mol. The molecule has 6 heteroatoms. The van der Waals surface area contributed by atoms with Crippen LogP contribution in [0.3, 0.4) is 0 Å². The first kappa shape index (κ1) is 14.5. The minimum atomic E-state index is -3.55. The highest BCUT2D eigenvalue weighted by Gasteiger charge is 2.18. The van der Waals surface area contributed by atoms with Gasteiger partial charge in [0.15, 0.2) is 0 Å². The number of hydrogen-bond acceptors (Lipinski definition) is 4. The van der Waals surface area contributed by atoms with Crippen LogP contribution in [0.25, 0.3) is 0 Å². The van der Waals surface area contributed by atoms with Gasteiger partial charge in [-0.2, -0.15) is 0 Å². The predicted molar refractivity (Wildman–Crippen MR) is 79.0 cm³/mol. The first-order valence-electron chi connectivity index (χ1n) is 6.24. The maximum absolute atomic E-state index is 12.3. The second-order valence-corrected chi connectivity index (χ2v) is 6.09. The topological polar surface area (TPSA) is 71.1 Å². The second-order valence-electron chi connectivity index (χ2n) is 4.37. The lowest BCUT2D eigenvalue weighted by molar-refractivity contribution is 0.564. The molecule has 2 rings (SSSR count). The van der Waals surface area contributed by atoms with Crippen molar-refractivity contribution < 1.29 is 8.42 Å². The van der Waals surface area contributed by atoms with Gasteiger partial charge in [-0.3, -0.25) is 4.98 Å². The van der Waals surface area contributed by atoms with Crippen molar-refractivity contribution in [2.24, 2.45) is 0 Å². The molecule has 0 saturated heterocycles. The molecule has 0 bridgehead atoms. The Bertz CT molecular complexity index is 655. The van der Waals surface area contributed by atoms with E-state index in [2.05, 4.69) is 15.0 Å². The highest BCUT2D eigenvalue weighted by atomic mass is 32.2. The molecule has 1 aromatic carbocycles. The Morgan fingerprint density at radius 1 is 1.10 bits per heavy atom. The standard InChI is InChI=1S/C14H17N3O2S/c1-11(14-5-3-4-10-16-14)17-20(18,19)13-8-6-12(15-2)7-9-13/h3-11,15,17H,1-2H3. The van der Waals surface area contributed by atoms with E-state index in [4.69, 9.17) is 0 Å². The van der Waals surface area contributed by atoms with Crippen LogP contribution in [0.2, 0.25) is 0 Å². The molecular formula is C14H17N3O2S. The zero-order valence-corrected chi connectivity index (χ0v) is 12.2. The lowest BCUT2D eigenvalue weighted by Gasteiger charge is -2.14. The monoisotopic (exact) mass is 291 g/mol. The lowest BCUT2D eigenvalue weighted by atomic mass is 10.2. The van der Waals surface area contributed by atoms with Crippen molar-refractivity contribution in [2.45, 2.75) is 17.9 Å². The summed E-state index contributed by atoms with van der Waals surface area (Å²) in [5, 5.41) is 2.95. The summed E-state index contributed by atoms with van der Waals surface area (Å²) in [6, 6.07) is 11.6. The van der Waals surface area contributed by atoms with Crippen LogP contribution >= 0.6 is 0 Å². The number of nitrogens with one attached hydrogen (secondary N) is 2. The smallest absolute Gasteiger partial charge is 0.241 e. The summed E-state index contributed by atoms with van der Waals surface area (Å²) in [4.78, 5) is 4.38. The molecule has 2 N–H and O–H groups in total. The summed E-state index contributed by atoms with van der Waals surface area (Å²) in [6.45, 7) is 1.77. The molecule has 0 fully saturated rings. The molecule has 5 nitrogen and oxygen atoms in total. The average Bonchev–Trinajstić information content (AvgIpc) is 2.48. The molecule has 1 heterocycles. The van der Waals surface area contributed by atoms with E-state index in [-0.39, 0.29) is 10.9 Å². The van der Waals surface area contributed by atoms with Gasteiger partial charge in [0.25, 0.3) is 0 Å². The molecule has 1 unspecified atom stereocenters. The average molecular weight is 291 g/mol. The van der Waals surface area contributed by atoms with Gasteiger partial charge < -0.3 is 5.32 Å². The van der Waals surface area contributed by atoms with Crippen molar-refractivity contribution in [3.8, 4) is 0 Å². The number of pyridine rings is 1. The number of aromatic nitrogens is 1. The van der Waals surface area contributed by atoms with Gasteiger partial charge >= 0.3 is 0 Å². The quantitative estimate of drug-likeness (QED) is 0.885. The minimum absolute atomic E-state index is 0.235. The van der Waals surface area contributed by atoms with E-state index in [0.717, 1.165) is 5.69 Å². The van der Waals surface area contributed by atoms with Crippen LogP contribution in [-0.2, 0) is 10.0 Å². The largest absolute Gasteiger partial charge is 0.388 e. The number of rotatable bonds is 5. The first-order chi connectivity index (χ1) is 9.53. The van der Waals surface area contributed by atoms with Crippen LogP contribution in [0, 0.1) is 0 Å². The van der Waals surface area contributed by atoms with E-state index in [1.54, 1.807) is 56.6 Å². The maximum Gasteiger partial charge on any atom is 0.241 e. The van der Waals surface area contributed by atoms with Gasteiger partial charge in [0.05, 0.1) is 16.6 Å². The van der Waals surface area contributed by atoms with E-state index in [1.807, 2.05) is 6.07 Å². The maximum atomic E-state index is 12.3. The van der Waals surface area contributed by atoms with Crippen LogP contribution in [0.15, 0.2) is 53.6 Å². The Labute approximate surface area is 119 Å². The fourth-order valence-corrected chi connectivity index (χ4v) is 3.01. The Hall–Kier alpha value is -1.92. The van der Waals surface area contributed by atoms with Gasteiger partial charge in [0.1, 0.15) is 0 Å². The van der Waals surface area contributed by atoms with Crippen molar-refractivity contribution in [2.75, 3.05) is 12.4 Å². The van der Waals surface area contributed by atoms with Gasteiger partial charge in [0.2, 0.25) is 10.0 Å². The van der Waals surface area contributed by atoms with Crippen LogP contribution in [0.5, 0.6) is 0 Å². The molecule has 20 heavy (non-hydrogen) atoms. The number of nitrogens with zero attached hydrogens (tertiary/aromatic N) is 1. The van der Waals surface area contributed by atoms with Crippen molar-refractivity contribution in [1.29, 1.82) is 0 Å². The molecule has 1 aromatic heterocycles. The van der Waals surface area contributed by atoms with E-state index < -0.39 is 10.0 Å². The molecule has 0 aliphatic heterocycles. The molecule has 0 amide bonds. The SMILES string of the molecule is CNc1ccc(S(=O)(=O)NC(C)c2ccccn2)cc1. The molecule has 0 aliphatic carbocycles. The number of sulfonamides is 1. The molecule has 106 valence electrons. The highest BCUT2D eigenvalue weighted by molar-refractivity contribution is 7.89. The normalized spacial score (nSPS) is 12.9. The zero-order chi connectivity index (χ0) is 14.6. The van der Waals surface area contributed by atoms with Crippen LogP contribution < -0.4 is 10.0 Å². The van der Waals surface area contributed by atoms with E-state index >= 15 is 0 Å². The van der Waals surface area contributed by atoms with Gasteiger partial charge in [-0.25, -0.2) is 13.1 Å². The Balaban J connectivity index is 2.18. The third kappa shape index (κ3) is 3.34. The lowest BCUT2D eigenvalue weighted by Crippen LogP contribution is -2.27. The molecule has 0 spiro atoms. The van der Waals surface area contributed by atoms with Crippen LogP contribution in [0.1, 0.15) is 18.7 Å². The summed E-state index contributed by atoms with van der Waals surface area (Å²) in [6.07, 6.45) is 1.64. The minimum Gasteiger partial charge on any atom is -0.388 e.